The fraction of sp³-hybridized carbons (Fsp3) is 0.280. The van der Waals surface area contributed by atoms with Crippen LogP contribution in [-0.4, -0.2) is 120 Å². The highest BCUT2D eigenvalue weighted by molar-refractivity contribution is 9.18. The number of carbonyl (C=O) groups is 6. The van der Waals surface area contributed by atoms with Gasteiger partial charge in [0.25, 0.3) is 9.63 Å². The molecular formula is C50H50Br2N12O7. The van der Waals surface area contributed by atoms with Gasteiger partial charge in [-0.1, -0.05) is 54.6 Å². The Bertz CT molecular complexity index is 3060. The molecule has 6 N–H and O–H groups in total. The highest BCUT2D eigenvalue weighted by Gasteiger charge is 2.35. The number of nitrogens with one attached hydrogen (secondary N) is 1. The first-order valence-corrected chi connectivity index (χ1v) is 24.5. The molecule has 366 valence electrons. The highest BCUT2D eigenvalue weighted by atomic mass is 79.9. The van der Waals surface area contributed by atoms with E-state index in [1.165, 1.54) is 4.90 Å². The summed E-state index contributed by atoms with van der Waals surface area (Å²) in [5, 5.41) is 11.6. The molecule has 3 aliphatic heterocycles. The summed E-state index contributed by atoms with van der Waals surface area (Å²) in [6.07, 6.45) is 15.3. The van der Waals surface area contributed by atoms with E-state index in [0.717, 1.165) is 52.9 Å². The number of ketones is 1. The number of Topliss-reactive ketones (excluding diaryl/α,β-unsaturated/α-hetero) is 1. The van der Waals surface area contributed by atoms with Crippen LogP contribution < -0.4 is 16.8 Å². The zero-order chi connectivity index (χ0) is 50.2. The summed E-state index contributed by atoms with van der Waals surface area (Å²) in [4.78, 5) is 93.6. The number of rotatable bonds is 10. The number of carboxylic acid groups (broad SMARTS) is 1. The quantitative estimate of drug-likeness (QED) is 0.0598. The Labute approximate surface area is 424 Å². The van der Waals surface area contributed by atoms with Crippen LogP contribution in [0, 0.1) is 0 Å². The summed E-state index contributed by atoms with van der Waals surface area (Å²) >= 11 is 5.71. The van der Waals surface area contributed by atoms with Gasteiger partial charge in [0.2, 0.25) is 23.4 Å². The van der Waals surface area contributed by atoms with Crippen LogP contribution in [0.2, 0.25) is 0 Å². The van der Waals surface area contributed by atoms with Gasteiger partial charge in [0.05, 0.1) is 35.7 Å². The minimum Gasteiger partial charge on any atom is -0.480 e. The Hall–Kier alpha value is -7.52. The number of benzene rings is 3. The van der Waals surface area contributed by atoms with Crippen LogP contribution in [0.5, 0.6) is 0 Å². The number of carboxylic acids is 1. The number of anilines is 3. The number of fused-ring (bicyclic) bond motifs is 2. The average molecular weight is 1090 g/mol. The van der Waals surface area contributed by atoms with Crippen LogP contribution in [0.1, 0.15) is 49.7 Å². The van der Waals surface area contributed by atoms with E-state index in [-0.39, 0.29) is 40.1 Å². The van der Waals surface area contributed by atoms with Crippen molar-refractivity contribution in [2.45, 2.75) is 69.5 Å². The van der Waals surface area contributed by atoms with Crippen molar-refractivity contribution in [2.24, 2.45) is 0 Å². The Balaban J connectivity index is 0.000000195. The van der Waals surface area contributed by atoms with Crippen molar-refractivity contribution in [3.63, 3.8) is 0 Å². The van der Waals surface area contributed by atoms with Gasteiger partial charge in [-0.3, -0.25) is 32.8 Å². The molecule has 0 spiro atoms. The minimum absolute atomic E-state index is 0.00860. The molecule has 7 aromatic rings. The third-order valence-corrected chi connectivity index (χ3v) is 13.3. The molecule has 7 heterocycles. The van der Waals surface area contributed by atoms with Gasteiger partial charge in [-0.15, -0.1) is 0 Å². The number of nitrogen functional groups attached to an aromatic ring is 2. The van der Waals surface area contributed by atoms with E-state index >= 15 is 0 Å². The first-order chi connectivity index (χ1) is 34.2. The normalized spacial score (nSPS) is 17.3. The first-order valence-electron chi connectivity index (χ1n) is 22.9. The van der Waals surface area contributed by atoms with Gasteiger partial charge in [0, 0.05) is 111 Å². The van der Waals surface area contributed by atoms with E-state index in [1.807, 2.05) is 97.5 Å². The summed E-state index contributed by atoms with van der Waals surface area (Å²) < 4.78 is 3.60. The lowest BCUT2D eigenvalue weighted by molar-refractivity contribution is -0.141. The number of carbonyl (C=O) groups excluding carboxylic acids is 5. The lowest BCUT2D eigenvalue weighted by atomic mass is 10.0. The van der Waals surface area contributed by atoms with Gasteiger partial charge in [0.1, 0.15) is 12.1 Å². The number of aliphatic carboxylic acids is 1. The molecule has 4 aromatic heterocycles. The van der Waals surface area contributed by atoms with Crippen molar-refractivity contribution >= 4 is 93.7 Å². The maximum absolute atomic E-state index is 13.1. The Morgan fingerprint density at radius 3 is 1.72 bits per heavy atom. The molecule has 3 atom stereocenters. The van der Waals surface area contributed by atoms with Crippen LogP contribution in [0.4, 0.5) is 26.7 Å². The fourth-order valence-corrected chi connectivity index (χ4v) is 9.72. The van der Waals surface area contributed by atoms with Crippen LogP contribution >= 0.6 is 31.9 Å². The molecule has 3 saturated heterocycles. The van der Waals surface area contributed by atoms with Crippen molar-refractivity contribution < 1.29 is 33.9 Å². The van der Waals surface area contributed by atoms with E-state index < -0.39 is 24.1 Å². The lowest BCUT2D eigenvalue weighted by Crippen LogP contribution is -2.43. The molecule has 19 nitrogen and oxygen atoms in total. The molecule has 3 aromatic carbocycles. The lowest BCUT2D eigenvalue weighted by Gasteiger charge is -2.24. The minimum atomic E-state index is -0.921. The van der Waals surface area contributed by atoms with Crippen molar-refractivity contribution in [2.75, 3.05) is 36.4 Å². The number of halogens is 2. The third kappa shape index (κ3) is 12.3. The second-order valence-corrected chi connectivity index (χ2v) is 18.7. The molecule has 21 heteroatoms. The number of likely N-dealkylation sites (tertiary alicyclic amines) is 3. The van der Waals surface area contributed by atoms with Crippen molar-refractivity contribution in [1.29, 1.82) is 0 Å². The molecule has 3 fully saturated rings. The summed E-state index contributed by atoms with van der Waals surface area (Å²) in [6, 6.07) is 23.0. The largest absolute Gasteiger partial charge is 0.480 e. The van der Waals surface area contributed by atoms with Gasteiger partial charge in [-0.2, -0.15) is 0 Å². The third-order valence-electron chi connectivity index (χ3n) is 12.4. The Kier molecular flexibility index (Phi) is 15.8. The molecule has 0 bridgehead atoms. The van der Waals surface area contributed by atoms with Crippen molar-refractivity contribution in [1.82, 2.24) is 43.4 Å². The van der Waals surface area contributed by atoms with E-state index in [4.69, 9.17) is 16.6 Å². The first kappa shape index (κ1) is 49.9. The number of hydrogen-bond acceptors (Lipinski definition) is 12. The fourth-order valence-electron chi connectivity index (χ4n) is 8.88. The number of amides is 4. The summed E-state index contributed by atoms with van der Waals surface area (Å²) in [6.45, 7) is 1.70. The molecule has 0 radical (unpaired) electrons. The molecule has 3 aliphatic rings. The molecule has 71 heavy (non-hydrogen) atoms. The maximum atomic E-state index is 13.1. The van der Waals surface area contributed by atoms with Gasteiger partial charge in [-0.05, 0) is 73.9 Å². The Morgan fingerprint density at radius 1 is 0.592 bits per heavy atom. The summed E-state index contributed by atoms with van der Waals surface area (Å²) in [7, 11) is 0. The molecule has 4 amide bonds. The van der Waals surface area contributed by atoms with Gasteiger partial charge < -0.3 is 36.6 Å². The van der Waals surface area contributed by atoms with Crippen molar-refractivity contribution in [3.8, 4) is 22.5 Å². The monoisotopic (exact) mass is 1090 g/mol. The molecule has 0 unspecified atom stereocenters. The zero-order valence-electron chi connectivity index (χ0n) is 38.3. The molecule has 0 saturated carbocycles. The predicted octanol–water partition coefficient (Wildman–Crippen LogP) is 7.27. The van der Waals surface area contributed by atoms with Gasteiger partial charge in [-0.25, -0.2) is 24.7 Å². The standard InChI is InChI=1S/C32H31BrN6O4.C12H11N5.C6H8BrNO3/c33-31(43)39-15-4-8-26(39)28(40)16-22-18-34-32-36-25(20-37(32)19-22)23-10-12-24(13-11-23)35-30(42)27-9-5-14-38(27)29(41)17-21-6-2-1-3-7-21;13-9-3-1-8(2-4-9)11-7-17-6-10(14)5-15-12(17)16-11;7-6(11)8-3-1-2-4(8)5(9)10/h1-3,6-7,10-13,18-20,26-27H,4-5,8-9,14-17H2,(H,35,42);1-7H,13-14H2;4H,1-3H2,(H,9,10)/t26-,27-;;4-/m0.0/s1. The predicted molar refractivity (Wildman–Crippen MR) is 274 cm³/mol. The van der Waals surface area contributed by atoms with Crippen LogP contribution in [-0.2, 0) is 32.0 Å². The smallest absolute Gasteiger partial charge is 0.326 e. The molecular weight excluding hydrogens is 1040 g/mol. The van der Waals surface area contributed by atoms with Crippen LogP contribution in [0.3, 0.4) is 0 Å². The van der Waals surface area contributed by atoms with Crippen molar-refractivity contribution in [3.05, 3.63) is 127 Å². The Morgan fingerprint density at radius 2 is 1.13 bits per heavy atom. The highest BCUT2D eigenvalue weighted by Crippen LogP contribution is 2.26. The number of imidazole rings is 2. The number of nitrogens with zero attached hydrogens (tertiary/aromatic N) is 9. The number of hydrogen-bond donors (Lipinski definition) is 4. The van der Waals surface area contributed by atoms with Gasteiger partial charge >= 0.3 is 5.97 Å². The van der Waals surface area contributed by atoms with Crippen LogP contribution in [0.15, 0.2) is 116 Å². The summed E-state index contributed by atoms with van der Waals surface area (Å²) in [5.41, 5.74) is 18.4. The second kappa shape index (κ2) is 22.5. The number of aromatic nitrogens is 6. The van der Waals surface area contributed by atoms with E-state index in [9.17, 15) is 28.8 Å². The van der Waals surface area contributed by atoms with E-state index in [0.29, 0.717) is 67.5 Å². The van der Waals surface area contributed by atoms with Gasteiger partial charge in [0.15, 0.2) is 5.78 Å². The van der Waals surface area contributed by atoms with E-state index in [1.54, 1.807) is 37.2 Å². The zero-order valence-corrected chi connectivity index (χ0v) is 41.5. The SMILES string of the molecule is Nc1ccc(-c2cn3cc(N)cnc3n2)cc1.O=C(Cc1cnc2nc(-c3ccc(NC(=O)[C@@H]4CCCN4C(=O)Cc4ccccc4)cc3)cn2c1)[C@@H]1CCCN1C(=O)Br.O=C(O)[C@@H]1CCCN1C(=O)Br. The average Bonchev–Trinajstić information content (AvgIpc) is 4.22. The topological polar surface area (TPSA) is 257 Å². The molecule has 10 rings (SSSR count). The van der Waals surface area contributed by atoms with Crippen LogP contribution in [0.25, 0.3) is 34.1 Å². The number of nitrogens with two attached hydrogens (primary N) is 2. The van der Waals surface area contributed by atoms with E-state index in [2.05, 4.69) is 57.1 Å². The maximum Gasteiger partial charge on any atom is 0.326 e. The molecule has 0 aliphatic carbocycles. The second-order valence-electron chi connectivity index (χ2n) is 17.3. The summed E-state index contributed by atoms with van der Waals surface area (Å²) in [5.74, 6) is -0.0242.